The molecule has 2 aromatic carbocycles. The maximum absolute atomic E-state index is 6.01. The van der Waals surface area contributed by atoms with E-state index in [-0.39, 0.29) is 5.41 Å². The highest BCUT2D eigenvalue weighted by Crippen LogP contribution is 2.32. The van der Waals surface area contributed by atoms with Crippen molar-refractivity contribution in [3.05, 3.63) is 65.7 Å². The Morgan fingerprint density at radius 1 is 0.885 bits per heavy atom. The summed E-state index contributed by atoms with van der Waals surface area (Å²) in [7, 11) is 0. The van der Waals surface area contributed by atoms with Crippen LogP contribution in [0.5, 0.6) is 5.75 Å². The molecule has 0 aromatic heterocycles. The first kappa shape index (κ1) is 19.0. The van der Waals surface area contributed by atoms with Crippen LogP contribution in [0.3, 0.4) is 0 Å². The van der Waals surface area contributed by atoms with Crippen LogP contribution in [-0.4, -0.2) is 31.1 Å². The molecule has 1 saturated heterocycles. The standard InChI is InChI=1S/C24H33NO/c1-19-16-20(2)18-25(17-19)14-15-26-23-12-10-22(11-13-23)24(3,4)21-8-6-5-7-9-21/h5-13,19-20H,14-18H2,1-4H3. The first-order chi connectivity index (χ1) is 12.4. The van der Waals surface area contributed by atoms with Crippen LogP contribution in [0.4, 0.5) is 0 Å². The van der Waals surface area contributed by atoms with Crippen LogP contribution >= 0.6 is 0 Å². The van der Waals surface area contributed by atoms with Gasteiger partial charge in [-0.2, -0.15) is 0 Å². The lowest BCUT2D eigenvalue weighted by Gasteiger charge is -2.34. The number of piperidine rings is 1. The number of hydrogen-bond acceptors (Lipinski definition) is 2. The van der Waals surface area contributed by atoms with Crippen LogP contribution in [0.2, 0.25) is 0 Å². The molecule has 1 aliphatic rings. The van der Waals surface area contributed by atoms with Gasteiger partial charge in [0, 0.05) is 25.0 Å². The van der Waals surface area contributed by atoms with E-state index in [9.17, 15) is 0 Å². The van der Waals surface area contributed by atoms with Gasteiger partial charge in [0.25, 0.3) is 0 Å². The fourth-order valence-electron chi connectivity index (χ4n) is 4.26. The van der Waals surface area contributed by atoms with Gasteiger partial charge in [-0.3, -0.25) is 4.90 Å². The summed E-state index contributed by atoms with van der Waals surface area (Å²) in [5.41, 5.74) is 2.65. The van der Waals surface area contributed by atoms with Crippen LogP contribution < -0.4 is 4.74 Å². The Labute approximate surface area is 159 Å². The van der Waals surface area contributed by atoms with Gasteiger partial charge in [0.2, 0.25) is 0 Å². The number of hydrogen-bond donors (Lipinski definition) is 0. The quantitative estimate of drug-likeness (QED) is 0.694. The Bertz CT molecular complexity index is 667. The van der Waals surface area contributed by atoms with Crippen molar-refractivity contribution in [3.63, 3.8) is 0 Å². The number of ether oxygens (including phenoxy) is 1. The van der Waals surface area contributed by atoms with Crippen LogP contribution in [-0.2, 0) is 5.41 Å². The molecule has 0 N–H and O–H groups in total. The lowest BCUT2D eigenvalue weighted by molar-refractivity contribution is 0.120. The molecule has 0 amide bonds. The molecule has 1 fully saturated rings. The van der Waals surface area contributed by atoms with Crippen LogP contribution in [0.1, 0.15) is 45.2 Å². The molecule has 26 heavy (non-hydrogen) atoms. The first-order valence-electron chi connectivity index (χ1n) is 9.96. The predicted octanol–water partition coefficient (Wildman–Crippen LogP) is 5.37. The Kier molecular flexibility index (Phi) is 6.03. The molecular weight excluding hydrogens is 318 g/mol. The molecule has 0 saturated carbocycles. The van der Waals surface area contributed by atoms with E-state index in [2.05, 4.69) is 87.2 Å². The third-order valence-electron chi connectivity index (χ3n) is 5.69. The van der Waals surface area contributed by atoms with Crippen molar-refractivity contribution in [2.24, 2.45) is 11.8 Å². The normalized spacial score (nSPS) is 21.5. The lowest BCUT2D eigenvalue weighted by Crippen LogP contribution is -2.40. The second-order valence-corrected chi connectivity index (χ2v) is 8.57. The summed E-state index contributed by atoms with van der Waals surface area (Å²) in [4.78, 5) is 2.55. The molecule has 2 unspecified atom stereocenters. The molecule has 2 nitrogen and oxygen atoms in total. The predicted molar refractivity (Wildman–Crippen MR) is 110 cm³/mol. The molecule has 2 heteroatoms. The van der Waals surface area contributed by atoms with Gasteiger partial charge in [0.15, 0.2) is 0 Å². The second kappa shape index (κ2) is 8.26. The van der Waals surface area contributed by atoms with E-state index in [1.807, 2.05) is 0 Å². The number of benzene rings is 2. The highest BCUT2D eigenvalue weighted by Gasteiger charge is 2.23. The average Bonchev–Trinajstić information content (AvgIpc) is 2.62. The third kappa shape index (κ3) is 4.67. The summed E-state index contributed by atoms with van der Waals surface area (Å²) in [6, 6.07) is 19.3. The van der Waals surface area contributed by atoms with Crippen molar-refractivity contribution in [1.29, 1.82) is 0 Å². The SMILES string of the molecule is CC1CC(C)CN(CCOc2ccc(C(C)(C)c3ccccc3)cc2)C1. The summed E-state index contributed by atoms with van der Waals surface area (Å²) in [6.45, 7) is 13.5. The van der Waals surface area contributed by atoms with Crippen molar-refractivity contribution < 1.29 is 4.74 Å². The molecule has 1 heterocycles. The molecular formula is C24H33NO. The zero-order valence-electron chi connectivity index (χ0n) is 16.7. The molecule has 0 radical (unpaired) electrons. The number of nitrogens with zero attached hydrogens (tertiary/aromatic N) is 1. The summed E-state index contributed by atoms with van der Waals surface area (Å²) in [5, 5.41) is 0. The summed E-state index contributed by atoms with van der Waals surface area (Å²) in [5.74, 6) is 2.58. The second-order valence-electron chi connectivity index (χ2n) is 8.57. The van der Waals surface area contributed by atoms with Crippen LogP contribution in [0.15, 0.2) is 54.6 Å². The van der Waals surface area contributed by atoms with Crippen LogP contribution in [0.25, 0.3) is 0 Å². The van der Waals surface area contributed by atoms with E-state index in [0.29, 0.717) is 0 Å². The van der Waals surface area contributed by atoms with Crippen molar-refractivity contribution in [2.45, 2.75) is 39.5 Å². The molecule has 2 aromatic rings. The van der Waals surface area contributed by atoms with Gasteiger partial charge in [-0.15, -0.1) is 0 Å². The number of likely N-dealkylation sites (tertiary alicyclic amines) is 1. The summed E-state index contributed by atoms with van der Waals surface area (Å²) in [6.07, 6.45) is 1.36. The maximum atomic E-state index is 6.01. The monoisotopic (exact) mass is 351 g/mol. The minimum absolute atomic E-state index is 0.000131. The van der Waals surface area contributed by atoms with Gasteiger partial charge >= 0.3 is 0 Å². The maximum Gasteiger partial charge on any atom is 0.119 e. The molecule has 0 spiro atoms. The van der Waals surface area contributed by atoms with Crippen molar-refractivity contribution in [3.8, 4) is 5.75 Å². The van der Waals surface area contributed by atoms with Gasteiger partial charge in [0.05, 0.1) is 0 Å². The fraction of sp³-hybridized carbons (Fsp3) is 0.500. The lowest BCUT2D eigenvalue weighted by atomic mass is 9.78. The van der Waals surface area contributed by atoms with Gasteiger partial charge in [-0.05, 0) is 41.5 Å². The minimum Gasteiger partial charge on any atom is -0.492 e. The van der Waals surface area contributed by atoms with Gasteiger partial charge in [0.1, 0.15) is 12.4 Å². The molecule has 3 rings (SSSR count). The smallest absolute Gasteiger partial charge is 0.119 e. The van der Waals surface area contributed by atoms with Gasteiger partial charge < -0.3 is 4.74 Å². The van der Waals surface area contributed by atoms with Crippen LogP contribution in [0, 0.1) is 11.8 Å². The Balaban J connectivity index is 1.55. The van der Waals surface area contributed by atoms with E-state index in [4.69, 9.17) is 4.74 Å². The largest absolute Gasteiger partial charge is 0.492 e. The third-order valence-corrected chi connectivity index (χ3v) is 5.69. The van der Waals surface area contributed by atoms with Crippen molar-refractivity contribution in [1.82, 2.24) is 4.90 Å². The summed E-state index contributed by atoms with van der Waals surface area (Å²) < 4.78 is 6.01. The Morgan fingerprint density at radius 2 is 1.46 bits per heavy atom. The van der Waals surface area contributed by atoms with Crippen molar-refractivity contribution >= 4 is 0 Å². The molecule has 0 aliphatic carbocycles. The van der Waals surface area contributed by atoms with Crippen molar-refractivity contribution in [2.75, 3.05) is 26.2 Å². The van der Waals surface area contributed by atoms with E-state index >= 15 is 0 Å². The zero-order chi connectivity index (χ0) is 18.6. The minimum atomic E-state index is -0.000131. The fourth-order valence-corrected chi connectivity index (χ4v) is 4.26. The van der Waals surface area contributed by atoms with E-state index in [1.54, 1.807) is 0 Å². The summed E-state index contributed by atoms with van der Waals surface area (Å²) >= 11 is 0. The first-order valence-corrected chi connectivity index (χ1v) is 9.96. The molecule has 1 aliphatic heterocycles. The zero-order valence-corrected chi connectivity index (χ0v) is 16.7. The highest BCUT2D eigenvalue weighted by atomic mass is 16.5. The highest BCUT2D eigenvalue weighted by molar-refractivity contribution is 5.39. The van der Waals surface area contributed by atoms with Gasteiger partial charge in [-0.1, -0.05) is 70.2 Å². The van der Waals surface area contributed by atoms with E-state index in [1.165, 1.54) is 30.6 Å². The molecule has 140 valence electrons. The number of rotatable bonds is 6. The molecule has 2 atom stereocenters. The Hall–Kier alpha value is -1.80. The van der Waals surface area contributed by atoms with E-state index in [0.717, 1.165) is 30.7 Å². The Morgan fingerprint density at radius 3 is 2.08 bits per heavy atom. The van der Waals surface area contributed by atoms with E-state index < -0.39 is 0 Å². The van der Waals surface area contributed by atoms with Gasteiger partial charge in [-0.25, -0.2) is 0 Å². The molecule has 0 bridgehead atoms. The topological polar surface area (TPSA) is 12.5 Å². The average molecular weight is 352 g/mol.